The van der Waals surface area contributed by atoms with Crippen molar-refractivity contribution in [2.24, 2.45) is 0 Å². The number of aromatic nitrogens is 2. The predicted molar refractivity (Wildman–Crippen MR) is 72.4 cm³/mol. The molecule has 2 rings (SSSR count). The SMILES string of the molecule is COCCN(CC(=O)O)Cc1nnc(-c2cccs2)o1. The summed E-state index contributed by atoms with van der Waals surface area (Å²) >= 11 is 1.51. The Morgan fingerprint density at radius 3 is 3.05 bits per heavy atom. The van der Waals surface area contributed by atoms with E-state index >= 15 is 0 Å². The number of rotatable bonds is 8. The smallest absolute Gasteiger partial charge is 0.317 e. The largest absolute Gasteiger partial charge is 0.480 e. The summed E-state index contributed by atoms with van der Waals surface area (Å²) in [5.41, 5.74) is 0. The number of carboxylic acid groups (broad SMARTS) is 1. The number of thiophene rings is 1. The molecule has 0 aromatic carbocycles. The maximum atomic E-state index is 10.8. The Balaban J connectivity index is 2.00. The molecule has 0 amide bonds. The summed E-state index contributed by atoms with van der Waals surface area (Å²) in [5, 5.41) is 18.7. The Morgan fingerprint density at radius 1 is 1.55 bits per heavy atom. The molecule has 0 saturated carbocycles. The van der Waals surface area contributed by atoms with E-state index in [0.29, 0.717) is 24.9 Å². The van der Waals surface area contributed by atoms with E-state index in [1.807, 2.05) is 17.5 Å². The third-order valence-corrected chi connectivity index (χ3v) is 3.39. The van der Waals surface area contributed by atoms with Crippen molar-refractivity contribution in [3.63, 3.8) is 0 Å². The van der Waals surface area contributed by atoms with Crippen LogP contribution in [0.2, 0.25) is 0 Å². The number of methoxy groups -OCH3 is 1. The van der Waals surface area contributed by atoms with Crippen molar-refractivity contribution in [3.8, 4) is 10.8 Å². The molecule has 0 aliphatic carbocycles. The predicted octanol–water partition coefficient (Wildman–Crippen LogP) is 1.33. The first-order chi connectivity index (χ1) is 9.69. The van der Waals surface area contributed by atoms with E-state index in [1.165, 1.54) is 11.3 Å². The molecule has 0 bridgehead atoms. The summed E-state index contributed by atoms with van der Waals surface area (Å²) in [6.07, 6.45) is 0. The van der Waals surface area contributed by atoms with Crippen LogP contribution in [0.5, 0.6) is 0 Å². The highest BCUT2D eigenvalue weighted by atomic mass is 32.1. The highest BCUT2D eigenvalue weighted by Gasteiger charge is 2.15. The lowest BCUT2D eigenvalue weighted by Crippen LogP contribution is -2.32. The van der Waals surface area contributed by atoms with Crippen LogP contribution < -0.4 is 0 Å². The third-order valence-electron chi connectivity index (χ3n) is 2.53. The van der Waals surface area contributed by atoms with Gasteiger partial charge in [-0.15, -0.1) is 21.5 Å². The molecule has 0 fully saturated rings. The van der Waals surface area contributed by atoms with E-state index in [2.05, 4.69) is 10.2 Å². The maximum absolute atomic E-state index is 10.8. The molecule has 0 aliphatic rings. The van der Waals surface area contributed by atoms with Crippen LogP contribution in [0.4, 0.5) is 0 Å². The fourth-order valence-corrected chi connectivity index (χ4v) is 2.28. The van der Waals surface area contributed by atoms with Gasteiger partial charge in [-0.25, -0.2) is 0 Å². The fraction of sp³-hybridized carbons (Fsp3) is 0.417. The zero-order valence-electron chi connectivity index (χ0n) is 11.0. The lowest BCUT2D eigenvalue weighted by Gasteiger charge is -2.17. The number of ether oxygens (including phenoxy) is 1. The van der Waals surface area contributed by atoms with Crippen LogP contribution in [-0.2, 0) is 16.1 Å². The van der Waals surface area contributed by atoms with E-state index in [-0.39, 0.29) is 13.1 Å². The van der Waals surface area contributed by atoms with Gasteiger partial charge in [0.15, 0.2) is 0 Å². The van der Waals surface area contributed by atoms with Crippen molar-refractivity contribution in [1.82, 2.24) is 15.1 Å². The van der Waals surface area contributed by atoms with Gasteiger partial charge in [-0.3, -0.25) is 9.69 Å². The molecule has 0 aliphatic heterocycles. The van der Waals surface area contributed by atoms with Crippen molar-refractivity contribution in [1.29, 1.82) is 0 Å². The normalized spacial score (nSPS) is 11.1. The molecule has 0 saturated heterocycles. The second-order valence-corrected chi connectivity index (χ2v) is 5.02. The highest BCUT2D eigenvalue weighted by Crippen LogP contribution is 2.23. The van der Waals surface area contributed by atoms with Gasteiger partial charge in [0.25, 0.3) is 5.89 Å². The van der Waals surface area contributed by atoms with Gasteiger partial charge in [0.05, 0.1) is 24.6 Å². The molecule has 0 unspecified atom stereocenters. The van der Waals surface area contributed by atoms with Gasteiger partial charge in [-0.1, -0.05) is 6.07 Å². The van der Waals surface area contributed by atoms with Crippen molar-refractivity contribution in [3.05, 3.63) is 23.4 Å². The van der Waals surface area contributed by atoms with Crippen molar-refractivity contribution in [2.45, 2.75) is 6.54 Å². The van der Waals surface area contributed by atoms with Crippen molar-refractivity contribution in [2.75, 3.05) is 26.8 Å². The van der Waals surface area contributed by atoms with Crippen LogP contribution in [0.25, 0.3) is 10.8 Å². The third kappa shape index (κ3) is 4.12. The topological polar surface area (TPSA) is 88.7 Å². The number of carboxylic acids is 1. The van der Waals surface area contributed by atoms with E-state index in [9.17, 15) is 4.79 Å². The van der Waals surface area contributed by atoms with Gasteiger partial charge in [-0.2, -0.15) is 0 Å². The van der Waals surface area contributed by atoms with Crippen LogP contribution in [-0.4, -0.2) is 53.0 Å². The molecule has 7 nitrogen and oxygen atoms in total. The van der Waals surface area contributed by atoms with Gasteiger partial charge in [0.2, 0.25) is 5.89 Å². The number of hydrogen-bond donors (Lipinski definition) is 1. The first-order valence-electron chi connectivity index (χ1n) is 5.98. The number of carbonyl (C=O) groups is 1. The number of nitrogens with zero attached hydrogens (tertiary/aromatic N) is 3. The molecule has 2 heterocycles. The van der Waals surface area contributed by atoms with Crippen LogP contribution in [0.1, 0.15) is 5.89 Å². The van der Waals surface area contributed by atoms with E-state index in [4.69, 9.17) is 14.3 Å². The first-order valence-corrected chi connectivity index (χ1v) is 6.86. The lowest BCUT2D eigenvalue weighted by molar-refractivity contribution is -0.138. The Morgan fingerprint density at radius 2 is 2.40 bits per heavy atom. The standard InChI is InChI=1S/C12H15N3O4S/c1-18-5-4-15(8-11(16)17)7-10-13-14-12(19-10)9-3-2-6-20-9/h2-3,6H,4-5,7-8H2,1H3,(H,16,17). The zero-order valence-corrected chi connectivity index (χ0v) is 11.8. The van der Waals surface area contributed by atoms with Gasteiger partial charge in [-0.05, 0) is 11.4 Å². The quantitative estimate of drug-likeness (QED) is 0.786. The molecule has 0 radical (unpaired) electrons. The molecule has 0 spiro atoms. The minimum Gasteiger partial charge on any atom is -0.480 e. The first kappa shape index (κ1) is 14.6. The molecule has 1 N–H and O–H groups in total. The van der Waals surface area contributed by atoms with E-state index in [1.54, 1.807) is 12.0 Å². The second-order valence-electron chi connectivity index (χ2n) is 4.08. The Labute approximate surface area is 119 Å². The molecule has 108 valence electrons. The van der Waals surface area contributed by atoms with E-state index < -0.39 is 5.97 Å². The second kappa shape index (κ2) is 7.13. The summed E-state index contributed by atoms with van der Waals surface area (Å²) in [7, 11) is 1.57. The molecular weight excluding hydrogens is 282 g/mol. The Hall–Kier alpha value is -1.77. The van der Waals surface area contributed by atoms with Crippen LogP contribution >= 0.6 is 11.3 Å². The minimum atomic E-state index is -0.904. The number of aliphatic carboxylic acids is 1. The van der Waals surface area contributed by atoms with E-state index in [0.717, 1.165) is 4.88 Å². The Bertz CT molecular complexity index is 541. The Kier molecular flexibility index (Phi) is 5.22. The maximum Gasteiger partial charge on any atom is 0.317 e. The monoisotopic (exact) mass is 297 g/mol. The van der Waals surface area contributed by atoms with Gasteiger partial charge in [0.1, 0.15) is 0 Å². The molecule has 20 heavy (non-hydrogen) atoms. The van der Waals surface area contributed by atoms with Crippen molar-refractivity contribution >= 4 is 17.3 Å². The summed E-state index contributed by atoms with van der Waals surface area (Å²) < 4.78 is 10.5. The van der Waals surface area contributed by atoms with Crippen molar-refractivity contribution < 1.29 is 19.1 Å². The highest BCUT2D eigenvalue weighted by molar-refractivity contribution is 7.13. The van der Waals surface area contributed by atoms with Gasteiger partial charge < -0.3 is 14.3 Å². The number of hydrogen-bond acceptors (Lipinski definition) is 7. The lowest BCUT2D eigenvalue weighted by atomic mass is 10.4. The van der Waals surface area contributed by atoms with Gasteiger partial charge in [0, 0.05) is 13.7 Å². The van der Waals surface area contributed by atoms with Crippen LogP contribution in [0.3, 0.4) is 0 Å². The average molecular weight is 297 g/mol. The average Bonchev–Trinajstić information content (AvgIpc) is 3.05. The zero-order chi connectivity index (χ0) is 14.4. The van der Waals surface area contributed by atoms with Crippen LogP contribution in [0.15, 0.2) is 21.9 Å². The summed E-state index contributed by atoms with van der Waals surface area (Å²) in [5.74, 6) is -0.0538. The summed E-state index contributed by atoms with van der Waals surface area (Å²) in [6, 6.07) is 3.79. The molecule has 0 atom stereocenters. The molecular formula is C12H15N3O4S. The molecule has 2 aromatic heterocycles. The fourth-order valence-electron chi connectivity index (χ4n) is 1.63. The molecule has 8 heteroatoms. The summed E-state index contributed by atoms with van der Waals surface area (Å²) in [4.78, 5) is 13.4. The minimum absolute atomic E-state index is 0.0971. The summed E-state index contributed by atoms with van der Waals surface area (Å²) in [6.45, 7) is 1.12. The molecule has 2 aromatic rings. The van der Waals surface area contributed by atoms with Crippen LogP contribution in [0, 0.1) is 0 Å². The van der Waals surface area contributed by atoms with Gasteiger partial charge >= 0.3 is 5.97 Å².